The van der Waals surface area contributed by atoms with E-state index in [4.69, 9.17) is 0 Å². The van der Waals surface area contributed by atoms with Crippen LogP contribution in [0.5, 0.6) is 0 Å². The van der Waals surface area contributed by atoms with Gasteiger partial charge in [-0.3, -0.25) is 0 Å². The van der Waals surface area contributed by atoms with Gasteiger partial charge >= 0.3 is 0 Å². The van der Waals surface area contributed by atoms with E-state index in [1.807, 2.05) is 24.3 Å². The van der Waals surface area contributed by atoms with Crippen molar-refractivity contribution in [2.24, 2.45) is 0 Å². The van der Waals surface area contributed by atoms with Gasteiger partial charge in [-0.25, -0.2) is 27.2 Å². The quantitative estimate of drug-likeness (QED) is 0.759. The molecule has 1 atom stereocenters. The Bertz CT molecular complexity index is 970. The molecule has 6 nitrogen and oxygen atoms in total. The third kappa shape index (κ3) is 3.75. The molecule has 0 aliphatic heterocycles. The highest BCUT2D eigenvalue weighted by atomic mass is 32.2. The molecule has 0 fully saturated rings. The van der Waals surface area contributed by atoms with Gasteiger partial charge < -0.3 is 0 Å². The number of aromatic nitrogens is 3. The Kier molecular flexibility index (Phi) is 4.65. The summed E-state index contributed by atoms with van der Waals surface area (Å²) >= 11 is 0. The van der Waals surface area contributed by atoms with Crippen molar-refractivity contribution in [2.75, 3.05) is 0 Å². The van der Waals surface area contributed by atoms with E-state index in [2.05, 4.69) is 14.8 Å². The van der Waals surface area contributed by atoms with Crippen LogP contribution in [0.1, 0.15) is 24.1 Å². The Balaban J connectivity index is 1.80. The monoisotopic (exact) mass is 360 g/mol. The minimum atomic E-state index is -3.75. The van der Waals surface area contributed by atoms with Gasteiger partial charge in [0.1, 0.15) is 18.5 Å². The summed E-state index contributed by atoms with van der Waals surface area (Å²) in [7, 11) is -3.75. The van der Waals surface area contributed by atoms with Crippen LogP contribution in [0.15, 0.2) is 60.0 Å². The molecule has 0 aliphatic rings. The maximum Gasteiger partial charge on any atom is 0.241 e. The normalized spacial score (nSPS) is 12.9. The lowest BCUT2D eigenvalue weighted by Gasteiger charge is -2.16. The zero-order valence-corrected chi connectivity index (χ0v) is 14.5. The van der Waals surface area contributed by atoms with Crippen LogP contribution in [0, 0.1) is 12.7 Å². The molecule has 0 aliphatic carbocycles. The van der Waals surface area contributed by atoms with Gasteiger partial charge in [-0.05, 0) is 55.3 Å². The summed E-state index contributed by atoms with van der Waals surface area (Å²) in [6.45, 7) is 3.32. The molecule has 0 saturated heterocycles. The van der Waals surface area contributed by atoms with Crippen molar-refractivity contribution in [3.05, 3.63) is 72.1 Å². The van der Waals surface area contributed by atoms with Gasteiger partial charge in [-0.1, -0.05) is 12.1 Å². The molecule has 130 valence electrons. The van der Waals surface area contributed by atoms with E-state index in [1.54, 1.807) is 24.9 Å². The molecule has 0 radical (unpaired) electrons. The molecule has 0 bridgehead atoms. The average molecular weight is 360 g/mol. The van der Waals surface area contributed by atoms with Crippen molar-refractivity contribution in [3.63, 3.8) is 0 Å². The van der Waals surface area contributed by atoms with E-state index in [-0.39, 0.29) is 4.90 Å². The molecular formula is C17H17FN4O2S. The number of sulfonamides is 1. The number of halogens is 1. The van der Waals surface area contributed by atoms with Gasteiger partial charge in [-0.15, -0.1) is 0 Å². The Labute approximate surface area is 145 Å². The third-order valence-electron chi connectivity index (χ3n) is 3.83. The summed E-state index contributed by atoms with van der Waals surface area (Å²) < 4.78 is 42.5. The first-order valence-corrected chi connectivity index (χ1v) is 9.08. The maximum atomic E-state index is 13.2. The van der Waals surface area contributed by atoms with Crippen LogP contribution in [-0.4, -0.2) is 23.2 Å². The Hall–Kier alpha value is -2.58. The second-order valence-electron chi connectivity index (χ2n) is 5.68. The third-order valence-corrected chi connectivity index (χ3v) is 5.54. The smallest absolute Gasteiger partial charge is 0.223 e. The standard InChI is InChI=1S/C17H17FN4O2S/c1-12-9-15(18)5-8-17(12)25(23,24)21-13(2)14-3-6-16(7-4-14)22-11-19-10-20-22/h3-11,13,21H,1-2H3. The first-order chi connectivity index (χ1) is 11.9. The predicted octanol–water partition coefficient (Wildman–Crippen LogP) is 2.75. The fraction of sp³-hybridized carbons (Fsp3) is 0.176. The summed E-state index contributed by atoms with van der Waals surface area (Å²) in [4.78, 5) is 3.96. The number of rotatable bonds is 5. The Morgan fingerprint density at radius 2 is 1.88 bits per heavy atom. The van der Waals surface area contributed by atoms with E-state index in [9.17, 15) is 12.8 Å². The molecule has 2 aromatic carbocycles. The maximum absolute atomic E-state index is 13.2. The molecule has 0 spiro atoms. The van der Waals surface area contributed by atoms with Gasteiger partial charge in [0, 0.05) is 6.04 Å². The second-order valence-corrected chi connectivity index (χ2v) is 7.37. The number of hydrogen-bond donors (Lipinski definition) is 1. The number of aryl methyl sites for hydroxylation is 1. The summed E-state index contributed by atoms with van der Waals surface area (Å²) in [5.41, 5.74) is 1.99. The van der Waals surface area contributed by atoms with Crippen LogP contribution in [0.4, 0.5) is 4.39 Å². The SMILES string of the molecule is Cc1cc(F)ccc1S(=O)(=O)NC(C)c1ccc(-n2cncn2)cc1. The molecule has 3 rings (SSSR count). The highest BCUT2D eigenvalue weighted by Crippen LogP contribution is 2.21. The first-order valence-electron chi connectivity index (χ1n) is 7.60. The van der Waals surface area contributed by atoms with E-state index >= 15 is 0 Å². The molecule has 25 heavy (non-hydrogen) atoms. The topological polar surface area (TPSA) is 76.9 Å². The van der Waals surface area contributed by atoms with Crippen LogP contribution in [-0.2, 0) is 10.0 Å². The molecular weight excluding hydrogens is 343 g/mol. The van der Waals surface area contributed by atoms with E-state index in [1.165, 1.54) is 18.5 Å². The van der Waals surface area contributed by atoms with Crippen molar-refractivity contribution in [3.8, 4) is 5.69 Å². The molecule has 1 heterocycles. The first kappa shape index (κ1) is 17.2. The number of nitrogens with one attached hydrogen (secondary N) is 1. The average Bonchev–Trinajstić information content (AvgIpc) is 3.08. The van der Waals surface area contributed by atoms with Gasteiger partial charge in [0.2, 0.25) is 10.0 Å². The fourth-order valence-corrected chi connectivity index (χ4v) is 3.99. The number of benzene rings is 2. The van der Waals surface area contributed by atoms with Crippen molar-refractivity contribution in [1.82, 2.24) is 19.5 Å². The van der Waals surface area contributed by atoms with Crippen LogP contribution in [0.3, 0.4) is 0 Å². The molecule has 3 aromatic rings. The summed E-state index contributed by atoms with van der Waals surface area (Å²) in [5.74, 6) is -0.465. The zero-order chi connectivity index (χ0) is 18.0. The molecule has 8 heteroatoms. The predicted molar refractivity (Wildman–Crippen MR) is 91.2 cm³/mol. The molecule has 0 amide bonds. The fourth-order valence-electron chi connectivity index (χ4n) is 2.54. The summed E-state index contributed by atoms with van der Waals surface area (Å²) in [6, 6.07) is 10.5. The number of nitrogens with zero attached hydrogens (tertiary/aromatic N) is 3. The lowest BCUT2D eigenvalue weighted by atomic mass is 10.1. The molecule has 1 N–H and O–H groups in total. The van der Waals surface area contributed by atoms with Crippen LogP contribution in [0.25, 0.3) is 5.69 Å². The van der Waals surface area contributed by atoms with Crippen molar-refractivity contribution < 1.29 is 12.8 Å². The summed E-state index contributed by atoms with van der Waals surface area (Å²) in [6.07, 6.45) is 3.02. The largest absolute Gasteiger partial charge is 0.241 e. The van der Waals surface area contributed by atoms with E-state index < -0.39 is 21.9 Å². The lowest BCUT2D eigenvalue weighted by Crippen LogP contribution is -2.27. The Morgan fingerprint density at radius 1 is 1.16 bits per heavy atom. The minimum Gasteiger partial charge on any atom is -0.223 e. The van der Waals surface area contributed by atoms with Crippen LogP contribution >= 0.6 is 0 Å². The van der Waals surface area contributed by atoms with E-state index in [0.29, 0.717) is 5.56 Å². The molecule has 1 aromatic heterocycles. The van der Waals surface area contributed by atoms with Gasteiger partial charge in [0.15, 0.2) is 0 Å². The van der Waals surface area contributed by atoms with Crippen molar-refractivity contribution in [1.29, 1.82) is 0 Å². The minimum absolute atomic E-state index is 0.0694. The van der Waals surface area contributed by atoms with Gasteiger partial charge in [0.05, 0.1) is 10.6 Å². The molecule has 1 unspecified atom stereocenters. The van der Waals surface area contributed by atoms with Crippen LogP contribution in [0.2, 0.25) is 0 Å². The highest BCUT2D eigenvalue weighted by Gasteiger charge is 2.20. The second kappa shape index (κ2) is 6.73. The van der Waals surface area contributed by atoms with Gasteiger partial charge in [-0.2, -0.15) is 5.10 Å². The van der Waals surface area contributed by atoms with Crippen LogP contribution < -0.4 is 4.72 Å². The van der Waals surface area contributed by atoms with Crippen molar-refractivity contribution in [2.45, 2.75) is 24.8 Å². The van der Waals surface area contributed by atoms with Gasteiger partial charge in [0.25, 0.3) is 0 Å². The van der Waals surface area contributed by atoms with Crippen molar-refractivity contribution >= 4 is 10.0 Å². The highest BCUT2D eigenvalue weighted by molar-refractivity contribution is 7.89. The van der Waals surface area contributed by atoms with E-state index in [0.717, 1.165) is 17.3 Å². The lowest BCUT2D eigenvalue weighted by molar-refractivity contribution is 0.565. The molecule has 0 saturated carbocycles. The Morgan fingerprint density at radius 3 is 2.48 bits per heavy atom. The zero-order valence-electron chi connectivity index (χ0n) is 13.7. The number of hydrogen-bond acceptors (Lipinski definition) is 4. The summed E-state index contributed by atoms with van der Waals surface area (Å²) in [5, 5.41) is 4.04.